The molecule has 4 rings (SSSR count). The highest BCUT2D eigenvalue weighted by atomic mass is 16.5. The highest BCUT2D eigenvalue weighted by Gasteiger charge is 2.14. The minimum Gasteiger partial charge on any atom is -0.483 e. The monoisotopic (exact) mass is 377 g/mol. The molecule has 0 spiro atoms. The van der Waals surface area contributed by atoms with Gasteiger partial charge >= 0.3 is 5.63 Å². The summed E-state index contributed by atoms with van der Waals surface area (Å²) in [5.74, 6) is 0.501. The van der Waals surface area contributed by atoms with Gasteiger partial charge in [0.2, 0.25) is 5.95 Å². The minimum atomic E-state index is -0.368. The molecule has 2 heterocycles. The molecule has 0 saturated heterocycles. The lowest BCUT2D eigenvalue weighted by atomic mass is 10.0. The maximum Gasteiger partial charge on any atom is 0.339 e. The van der Waals surface area contributed by atoms with E-state index in [1.807, 2.05) is 37.3 Å². The third kappa shape index (κ3) is 3.11. The fourth-order valence-electron chi connectivity index (χ4n) is 3.10. The number of hydrogen-bond donors (Lipinski definition) is 2. The Labute approximate surface area is 160 Å². The third-order valence-electron chi connectivity index (χ3n) is 4.83. The number of para-hydroxylation sites is 2. The van der Waals surface area contributed by atoms with Gasteiger partial charge in [0.25, 0.3) is 5.91 Å². The Morgan fingerprint density at radius 3 is 2.68 bits per heavy atom. The average molecular weight is 377 g/mol. The Kier molecular flexibility index (Phi) is 4.35. The first-order chi connectivity index (χ1) is 13.4. The average Bonchev–Trinajstić information content (AvgIpc) is 3.08. The summed E-state index contributed by atoms with van der Waals surface area (Å²) in [6, 6.07) is 11.1. The summed E-state index contributed by atoms with van der Waals surface area (Å²) in [6.07, 6.45) is 0. The molecule has 142 valence electrons. The quantitative estimate of drug-likeness (QED) is 0.530. The lowest BCUT2D eigenvalue weighted by Crippen LogP contribution is -2.21. The SMILES string of the molecule is Cc1c(C)c2ccc(OCC(=O)Nc3nc4ccccc4[nH]3)c(C)c2oc1=O. The summed E-state index contributed by atoms with van der Waals surface area (Å²) in [7, 11) is 0. The van der Waals surface area contributed by atoms with Crippen molar-refractivity contribution >= 4 is 33.9 Å². The molecule has 1 amide bonds. The Bertz CT molecular complexity index is 1240. The van der Waals surface area contributed by atoms with E-state index < -0.39 is 0 Å². The number of nitrogens with one attached hydrogen (secondary N) is 2. The first-order valence-corrected chi connectivity index (χ1v) is 8.85. The van der Waals surface area contributed by atoms with Crippen LogP contribution in [0.4, 0.5) is 5.95 Å². The van der Waals surface area contributed by atoms with Gasteiger partial charge < -0.3 is 14.1 Å². The maximum atomic E-state index is 12.2. The largest absolute Gasteiger partial charge is 0.483 e. The minimum absolute atomic E-state index is 0.196. The Morgan fingerprint density at radius 1 is 1.11 bits per heavy atom. The Hall–Kier alpha value is -3.61. The molecule has 7 heteroatoms. The third-order valence-corrected chi connectivity index (χ3v) is 4.83. The number of benzene rings is 2. The number of rotatable bonds is 4. The number of aryl methyl sites for hydroxylation is 2. The Morgan fingerprint density at radius 2 is 1.89 bits per heavy atom. The normalized spacial score (nSPS) is 11.1. The van der Waals surface area contributed by atoms with Gasteiger partial charge in [-0.25, -0.2) is 9.78 Å². The van der Waals surface area contributed by atoms with Crippen molar-refractivity contribution in [3.8, 4) is 5.75 Å². The topological polar surface area (TPSA) is 97.2 Å². The molecule has 28 heavy (non-hydrogen) atoms. The van der Waals surface area contributed by atoms with Crippen molar-refractivity contribution in [1.29, 1.82) is 0 Å². The van der Waals surface area contributed by atoms with E-state index in [-0.39, 0.29) is 18.1 Å². The molecule has 2 N–H and O–H groups in total. The summed E-state index contributed by atoms with van der Waals surface area (Å²) in [6.45, 7) is 5.23. The van der Waals surface area contributed by atoms with E-state index in [2.05, 4.69) is 15.3 Å². The van der Waals surface area contributed by atoms with Crippen LogP contribution in [0.5, 0.6) is 5.75 Å². The van der Waals surface area contributed by atoms with Crippen LogP contribution in [0.1, 0.15) is 16.7 Å². The molecule has 0 aliphatic heterocycles. The summed E-state index contributed by atoms with van der Waals surface area (Å²) in [5.41, 5.74) is 3.86. The van der Waals surface area contributed by atoms with Gasteiger partial charge in [-0.3, -0.25) is 10.1 Å². The molecule has 2 aromatic carbocycles. The van der Waals surface area contributed by atoms with Crippen LogP contribution in [0.2, 0.25) is 0 Å². The number of aromatic nitrogens is 2. The highest BCUT2D eigenvalue weighted by molar-refractivity contribution is 5.92. The van der Waals surface area contributed by atoms with Crippen LogP contribution in [0.3, 0.4) is 0 Å². The molecule has 0 bridgehead atoms. The van der Waals surface area contributed by atoms with Crippen molar-refractivity contribution in [3.05, 3.63) is 63.5 Å². The van der Waals surface area contributed by atoms with E-state index in [1.54, 1.807) is 19.9 Å². The number of anilines is 1. The number of amides is 1. The van der Waals surface area contributed by atoms with E-state index in [1.165, 1.54) is 0 Å². The van der Waals surface area contributed by atoms with E-state index >= 15 is 0 Å². The molecule has 7 nitrogen and oxygen atoms in total. The lowest BCUT2D eigenvalue weighted by molar-refractivity contribution is -0.118. The molecule has 0 aliphatic rings. The standard InChI is InChI=1S/C21H19N3O4/c1-11-12(2)20(26)28-19-13(3)17(9-8-14(11)19)27-10-18(25)24-21-22-15-6-4-5-7-16(15)23-21/h4-9H,10H2,1-3H3,(H2,22,23,24,25). The van der Waals surface area contributed by atoms with Gasteiger partial charge in [0, 0.05) is 16.5 Å². The van der Waals surface area contributed by atoms with Gasteiger partial charge in [-0.05, 0) is 50.6 Å². The fraction of sp³-hybridized carbons (Fsp3) is 0.190. The molecule has 4 aromatic rings. The van der Waals surface area contributed by atoms with Gasteiger partial charge in [0.1, 0.15) is 11.3 Å². The lowest BCUT2D eigenvalue weighted by Gasteiger charge is -2.12. The van der Waals surface area contributed by atoms with Crippen LogP contribution >= 0.6 is 0 Å². The predicted octanol–water partition coefficient (Wildman–Crippen LogP) is 3.61. The second-order valence-corrected chi connectivity index (χ2v) is 6.64. The molecule has 0 aliphatic carbocycles. The predicted molar refractivity (Wildman–Crippen MR) is 107 cm³/mol. The van der Waals surface area contributed by atoms with Gasteiger partial charge in [0.05, 0.1) is 11.0 Å². The number of fused-ring (bicyclic) bond motifs is 2. The Balaban J connectivity index is 1.52. The smallest absolute Gasteiger partial charge is 0.339 e. The summed E-state index contributed by atoms with van der Waals surface area (Å²) in [5, 5.41) is 3.54. The zero-order valence-corrected chi connectivity index (χ0v) is 15.8. The van der Waals surface area contributed by atoms with E-state index in [0.717, 1.165) is 22.0 Å². The number of aromatic amines is 1. The zero-order chi connectivity index (χ0) is 19.8. The second-order valence-electron chi connectivity index (χ2n) is 6.64. The molecule has 0 radical (unpaired) electrons. The maximum absolute atomic E-state index is 12.2. The molecular formula is C21H19N3O4. The van der Waals surface area contributed by atoms with Crippen molar-refractivity contribution < 1.29 is 13.9 Å². The summed E-state index contributed by atoms with van der Waals surface area (Å²) < 4.78 is 11.1. The van der Waals surface area contributed by atoms with Crippen molar-refractivity contribution in [1.82, 2.24) is 9.97 Å². The van der Waals surface area contributed by atoms with Crippen LogP contribution in [0, 0.1) is 20.8 Å². The fourth-order valence-corrected chi connectivity index (χ4v) is 3.10. The van der Waals surface area contributed by atoms with E-state index in [4.69, 9.17) is 9.15 Å². The number of imidazole rings is 1. The van der Waals surface area contributed by atoms with Gasteiger partial charge in [-0.2, -0.15) is 0 Å². The number of carbonyl (C=O) groups is 1. The van der Waals surface area contributed by atoms with Gasteiger partial charge in [0.15, 0.2) is 6.61 Å². The number of ether oxygens (including phenoxy) is 1. The first-order valence-electron chi connectivity index (χ1n) is 8.85. The second kappa shape index (κ2) is 6.84. The van der Waals surface area contributed by atoms with Crippen LogP contribution < -0.4 is 15.7 Å². The van der Waals surface area contributed by atoms with Gasteiger partial charge in [-0.15, -0.1) is 0 Å². The first kappa shape index (κ1) is 17.8. The molecule has 0 unspecified atom stereocenters. The van der Waals surface area contributed by atoms with Crippen LogP contribution in [-0.2, 0) is 4.79 Å². The number of H-pyrrole nitrogens is 1. The number of nitrogens with zero attached hydrogens (tertiary/aromatic N) is 1. The molecule has 0 saturated carbocycles. The van der Waals surface area contributed by atoms with Crippen molar-refractivity contribution in [2.45, 2.75) is 20.8 Å². The number of carbonyl (C=O) groups excluding carboxylic acids is 1. The molecule has 2 aromatic heterocycles. The summed E-state index contributed by atoms with van der Waals surface area (Å²) >= 11 is 0. The van der Waals surface area contributed by atoms with Crippen LogP contribution in [0.25, 0.3) is 22.0 Å². The summed E-state index contributed by atoms with van der Waals surface area (Å²) in [4.78, 5) is 31.5. The van der Waals surface area contributed by atoms with Crippen molar-refractivity contribution in [3.63, 3.8) is 0 Å². The van der Waals surface area contributed by atoms with Gasteiger partial charge in [-0.1, -0.05) is 12.1 Å². The van der Waals surface area contributed by atoms with Crippen LogP contribution in [0.15, 0.2) is 45.6 Å². The molecular weight excluding hydrogens is 358 g/mol. The molecule has 0 fully saturated rings. The molecule has 0 atom stereocenters. The number of hydrogen-bond acceptors (Lipinski definition) is 5. The van der Waals surface area contributed by atoms with E-state index in [9.17, 15) is 9.59 Å². The zero-order valence-electron chi connectivity index (χ0n) is 15.8. The van der Waals surface area contributed by atoms with Crippen LogP contribution in [-0.4, -0.2) is 22.5 Å². The van der Waals surface area contributed by atoms with E-state index in [0.29, 0.717) is 28.4 Å². The highest BCUT2D eigenvalue weighted by Crippen LogP contribution is 2.29. The van der Waals surface area contributed by atoms with Crippen molar-refractivity contribution in [2.24, 2.45) is 0 Å². The van der Waals surface area contributed by atoms with Crippen molar-refractivity contribution in [2.75, 3.05) is 11.9 Å².